The maximum absolute atomic E-state index is 12.9. The van der Waals surface area contributed by atoms with Gasteiger partial charge in [-0.2, -0.15) is 13.2 Å². The lowest BCUT2D eigenvalue weighted by Gasteiger charge is -2.11. The van der Waals surface area contributed by atoms with Crippen molar-refractivity contribution < 1.29 is 31.1 Å². The van der Waals surface area contributed by atoms with Crippen LogP contribution in [-0.4, -0.2) is 21.4 Å². The van der Waals surface area contributed by atoms with Gasteiger partial charge in [0.2, 0.25) is 0 Å². The molecule has 0 aliphatic carbocycles. The smallest absolute Gasteiger partial charge is 0.416 e. The molecule has 3 aromatic rings. The summed E-state index contributed by atoms with van der Waals surface area (Å²) in [5, 5.41) is 2.68. The van der Waals surface area contributed by atoms with Crippen molar-refractivity contribution in [1.82, 2.24) is 0 Å². The molecule has 0 bridgehead atoms. The molecule has 1 heterocycles. The van der Waals surface area contributed by atoms with Crippen molar-refractivity contribution in [3.05, 3.63) is 83.4 Å². The lowest BCUT2D eigenvalue weighted by molar-refractivity contribution is -0.137. The average Bonchev–Trinajstić information content (AvgIpc) is 3.08. The fraction of sp³-hybridized carbons (Fsp3) is 0.0870. The van der Waals surface area contributed by atoms with E-state index in [2.05, 4.69) is 10.0 Å². The Labute approximate surface area is 187 Å². The lowest BCUT2D eigenvalue weighted by atomic mass is 10.0. The molecular formula is C23H17F3N2O4S. The SMILES string of the molecule is COc1ccccc1C=C1C(=O)Nc2ccc(S(=O)(=O)Nc3ccc(C(F)(F)F)cc3)cc21. The molecule has 0 saturated carbocycles. The van der Waals surface area contributed by atoms with Gasteiger partial charge in [-0.3, -0.25) is 9.52 Å². The molecule has 1 aliphatic rings. The number of carbonyl (C=O) groups is 1. The standard InChI is InChI=1S/C23H17F3N2O4S/c1-32-21-5-3-2-4-14(21)12-19-18-13-17(10-11-20(18)27-22(19)29)33(30,31)28-16-8-6-15(7-9-16)23(24,25)26/h2-13,28H,1H3,(H,27,29). The molecule has 0 atom stereocenters. The Kier molecular flexibility index (Phi) is 5.62. The summed E-state index contributed by atoms with van der Waals surface area (Å²) in [7, 11) is -2.63. The summed E-state index contributed by atoms with van der Waals surface area (Å²) < 4.78 is 71.5. The van der Waals surface area contributed by atoms with Crippen molar-refractivity contribution in [2.45, 2.75) is 11.1 Å². The Morgan fingerprint density at radius 1 is 1.00 bits per heavy atom. The number of amides is 1. The zero-order chi connectivity index (χ0) is 23.8. The highest BCUT2D eigenvalue weighted by atomic mass is 32.2. The number of carbonyl (C=O) groups excluding carboxylic acids is 1. The van der Waals surface area contributed by atoms with Crippen LogP contribution in [0.4, 0.5) is 24.5 Å². The van der Waals surface area contributed by atoms with Gasteiger partial charge in [-0.1, -0.05) is 18.2 Å². The van der Waals surface area contributed by atoms with Gasteiger partial charge in [-0.25, -0.2) is 8.42 Å². The zero-order valence-electron chi connectivity index (χ0n) is 17.1. The van der Waals surface area contributed by atoms with Crippen LogP contribution >= 0.6 is 0 Å². The third kappa shape index (κ3) is 4.56. The van der Waals surface area contributed by atoms with Gasteiger partial charge in [0.1, 0.15) is 5.75 Å². The molecule has 33 heavy (non-hydrogen) atoms. The van der Waals surface area contributed by atoms with Gasteiger partial charge < -0.3 is 10.1 Å². The highest BCUT2D eigenvalue weighted by molar-refractivity contribution is 7.92. The summed E-state index contributed by atoms with van der Waals surface area (Å²) in [4.78, 5) is 12.4. The van der Waals surface area contributed by atoms with E-state index in [0.29, 0.717) is 22.6 Å². The molecule has 10 heteroatoms. The molecule has 0 saturated heterocycles. The molecule has 0 fully saturated rings. The van der Waals surface area contributed by atoms with E-state index in [1.807, 2.05) is 0 Å². The van der Waals surface area contributed by atoms with E-state index in [9.17, 15) is 26.4 Å². The molecule has 2 N–H and O–H groups in total. The zero-order valence-corrected chi connectivity index (χ0v) is 17.9. The highest BCUT2D eigenvalue weighted by Gasteiger charge is 2.30. The van der Waals surface area contributed by atoms with Gasteiger partial charge in [-0.05, 0) is 54.6 Å². The number of nitrogens with one attached hydrogen (secondary N) is 2. The number of halogens is 3. The molecule has 6 nitrogen and oxygen atoms in total. The molecular weight excluding hydrogens is 457 g/mol. The summed E-state index contributed by atoms with van der Waals surface area (Å²) in [6.45, 7) is 0. The summed E-state index contributed by atoms with van der Waals surface area (Å²) >= 11 is 0. The first-order valence-corrected chi connectivity index (χ1v) is 11.1. The number of hydrogen-bond acceptors (Lipinski definition) is 4. The molecule has 0 aromatic heterocycles. The second kappa shape index (κ2) is 8.28. The van der Waals surface area contributed by atoms with Crippen LogP contribution < -0.4 is 14.8 Å². The largest absolute Gasteiger partial charge is 0.496 e. The van der Waals surface area contributed by atoms with Crippen molar-refractivity contribution in [2.75, 3.05) is 17.1 Å². The first-order valence-electron chi connectivity index (χ1n) is 9.59. The summed E-state index contributed by atoms with van der Waals surface area (Å²) in [6, 6.07) is 14.8. The second-order valence-electron chi connectivity index (χ2n) is 7.14. The van der Waals surface area contributed by atoms with Crippen LogP contribution in [0.15, 0.2) is 71.6 Å². The molecule has 0 radical (unpaired) electrons. The van der Waals surface area contributed by atoms with Crippen LogP contribution in [0.3, 0.4) is 0 Å². The average molecular weight is 474 g/mol. The first kappa shape index (κ1) is 22.4. The van der Waals surface area contributed by atoms with Crippen molar-refractivity contribution in [1.29, 1.82) is 0 Å². The quantitative estimate of drug-likeness (QED) is 0.510. The number of ether oxygens (including phenoxy) is 1. The summed E-state index contributed by atoms with van der Waals surface area (Å²) in [5.74, 6) is 0.139. The maximum Gasteiger partial charge on any atom is 0.416 e. The Morgan fingerprint density at radius 2 is 1.70 bits per heavy atom. The molecule has 1 amide bonds. The number of para-hydroxylation sites is 1. The van der Waals surface area contributed by atoms with Crippen LogP contribution in [0.2, 0.25) is 0 Å². The van der Waals surface area contributed by atoms with Gasteiger partial charge in [0.25, 0.3) is 15.9 Å². The Hall–Kier alpha value is -3.79. The minimum atomic E-state index is -4.53. The van der Waals surface area contributed by atoms with E-state index < -0.39 is 27.7 Å². The minimum absolute atomic E-state index is 0.0255. The first-order chi connectivity index (χ1) is 15.6. The minimum Gasteiger partial charge on any atom is -0.496 e. The van der Waals surface area contributed by atoms with E-state index in [1.165, 1.54) is 25.3 Å². The van der Waals surface area contributed by atoms with Crippen LogP contribution in [-0.2, 0) is 21.0 Å². The maximum atomic E-state index is 12.9. The fourth-order valence-electron chi connectivity index (χ4n) is 3.36. The Balaban J connectivity index is 1.67. The van der Waals surface area contributed by atoms with Gasteiger partial charge in [-0.15, -0.1) is 0 Å². The molecule has 170 valence electrons. The third-order valence-corrected chi connectivity index (χ3v) is 6.37. The normalized spacial score (nSPS) is 14.7. The molecule has 1 aliphatic heterocycles. The van der Waals surface area contributed by atoms with E-state index in [4.69, 9.17) is 4.74 Å². The number of methoxy groups -OCH3 is 1. The topological polar surface area (TPSA) is 84.5 Å². The number of rotatable bonds is 5. The highest BCUT2D eigenvalue weighted by Crippen LogP contribution is 2.36. The summed E-state index contributed by atoms with van der Waals surface area (Å²) in [5.41, 5.74) is 0.784. The van der Waals surface area contributed by atoms with E-state index in [1.54, 1.807) is 30.3 Å². The van der Waals surface area contributed by atoms with Crippen molar-refractivity contribution in [2.24, 2.45) is 0 Å². The lowest BCUT2D eigenvalue weighted by Crippen LogP contribution is -2.13. The number of benzene rings is 3. The van der Waals surface area contributed by atoms with Gasteiger partial charge in [0.05, 0.1) is 17.6 Å². The molecule has 3 aromatic carbocycles. The van der Waals surface area contributed by atoms with Gasteiger partial charge in [0, 0.05) is 28.1 Å². The third-order valence-electron chi connectivity index (χ3n) is 4.99. The van der Waals surface area contributed by atoms with Gasteiger partial charge >= 0.3 is 6.18 Å². The fourth-order valence-corrected chi connectivity index (χ4v) is 4.44. The number of alkyl halides is 3. The van der Waals surface area contributed by atoms with Crippen LogP contribution in [0.25, 0.3) is 11.6 Å². The van der Waals surface area contributed by atoms with Crippen LogP contribution in [0.1, 0.15) is 16.7 Å². The predicted molar refractivity (Wildman–Crippen MR) is 118 cm³/mol. The van der Waals surface area contributed by atoms with Crippen LogP contribution in [0, 0.1) is 0 Å². The van der Waals surface area contributed by atoms with Crippen molar-refractivity contribution in [3.63, 3.8) is 0 Å². The Bertz CT molecular complexity index is 1370. The molecule has 0 spiro atoms. The number of anilines is 2. The van der Waals surface area contributed by atoms with Crippen molar-refractivity contribution >= 4 is 39.0 Å². The van der Waals surface area contributed by atoms with E-state index >= 15 is 0 Å². The number of sulfonamides is 1. The monoisotopic (exact) mass is 474 g/mol. The van der Waals surface area contributed by atoms with E-state index in [-0.39, 0.29) is 16.2 Å². The van der Waals surface area contributed by atoms with Gasteiger partial charge in [0.15, 0.2) is 0 Å². The number of fused-ring (bicyclic) bond motifs is 1. The second-order valence-corrected chi connectivity index (χ2v) is 8.82. The van der Waals surface area contributed by atoms with E-state index in [0.717, 1.165) is 24.3 Å². The molecule has 4 rings (SSSR count). The summed E-state index contributed by atoms with van der Waals surface area (Å²) in [6.07, 6.45) is -2.93. The van der Waals surface area contributed by atoms with Crippen LogP contribution in [0.5, 0.6) is 5.75 Å². The van der Waals surface area contributed by atoms with Crippen molar-refractivity contribution in [3.8, 4) is 5.75 Å². The Morgan fingerprint density at radius 3 is 2.36 bits per heavy atom. The predicted octanol–water partition coefficient (Wildman–Crippen LogP) is 5.01. The number of hydrogen-bond donors (Lipinski definition) is 2. The molecule has 0 unspecified atom stereocenters.